The number of hydrogen-bond acceptors (Lipinski definition) is 0. The molecule has 12 heavy (non-hydrogen) atoms. The molecule has 0 saturated heterocycles. The van der Waals surface area contributed by atoms with Gasteiger partial charge in [0.15, 0.2) is 0 Å². The van der Waals surface area contributed by atoms with Crippen LogP contribution in [-0.2, 0) is 6.18 Å². The van der Waals surface area contributed by atoms with Gasteiger partial charge in [0.05, 0.1) is 4.47 Å². The van der Waals surface area contributed by atoms with Gasteiger partial charge < -0.3 is 0 Å². The third kappa shape index (κ3) is 2.12. The number of halogens is 5. The predicted octanol–water partition coefficient (Wildman–Crippen LogP) is -0.0769. The Balaban J connectivity index is 3.26. The van der Waals surface area contributed by atoms with Gasteiger partial charge in [0, 0.05) is 0 Å². The molecule has 66 valence electrons. The summed E-state index contributed by atoms with van der Waals surface area (Å²) in [5.74, 6) is 0. The molecule has 0 aliphatic carbocycles. The van der Waals surface area contributed by atoms with Crippen molar-refractivity contribution in [2.24, 2.45) is 0 Å². The third-order valence-corrected chi connectivity index (χ3v) is 4.01. The Labute approximate surface area is 89.4 Å². The second kappa shape index (κ2) is 3.53. The molecule has 0 aromatic heterocycles. The zero-order valence-electron chi connectivity index (χ0n) is 5.65. The highest BCUT2D eigenvalue weighted by atomic mass is 127. The molecule has 0 nitrogen and oxygen atoms in total. The van der Waals surface area contributed by atoms with Gasteiger partial charge in [0.2, 0.25) is 3.57 Å². The van der Waals surface area contributed by atoms with E-state index in [2.05, 4.69) is 15.9 Å². The minimum Gasteiger partial charge on any atom is -0.166 e. The molecular formula is C7H4BrF3I+. The Kier molecular flexibility index (Phi) is 3.03. The lowest BCUT2D eigenvalue weighted by atomic mass is 10.2. The van der Waals surface area contributed by atoms with Gasteiger partial charge in [-0.25, -0.2) is 0 Å². The summed E-state index contributed by atoms with van der Waals surface area (Å²) in [5.41, 5.74) is -0.582. The first-order chi connectivity index (χ1) is 5.43. The molecule has 0 saturated carbocycles. The summed E-state index contributed by atoms with van der Waals surface area (Å²) >= 11 is 4.40. The fourth-order valence-electron chi connectivity index (χ4n) is 0.732. The smallest absolute Gasteiger partial charge is 0.166 e. The van der Waals surface area contributed by atoms with E-state index in [4.69, 9.17) is 0 Å². The fraction of sp³-hybridized carbons (Fsp3) is 0.143. The lowest BCUT2D eigenvalue weighted by Crippen LogP contribution is -3.34. The van der Waals surface area contributed by atoms with Gasteiger partial charge in [0.25, 0.3) is 22.6 Å². The molecule has 0 unspecified atom stereocenters. The summed E-state index contributed by atoms with van der Waals surface area (Å²) in [5, 5.41) is 0. The van der Waals surface area contributed by atoms with Crippen molar-refractivity contribution in [3.8, 4) is 0 Å². The molecule has 0 spiro atoms. The average molecular weight is 352 g/mol. The highest BCUT2D eigenvalue weighted by Gasteiger charge is 2.36. The number of benzene rings is 1. The van der Waals surface area contributed by atoms with E-state index in [9.17, 15) is 13.2 Å². The molecule has 0 aliphatic rings. The van der Waals surface area contributed by atoms with Gasteiger partial charge in [-0.05, 0) is 28.1 Å². The van der Waals surface area contributed by atoms with Crippen molar-refractivity contribution < 1.29 is 35.8 Å². The molecule has 1 aromatic rings. The van der Waals surface area contributed by atoms with E-state index in [0.29, 0.717) is 4.47 Å². The minimum absolute atomic E-state index is 0.237. The van der Waals surface area contributed by atoms with Crippen molar-refractivity contribution in [2.75, 3.05) is 0 Å². The lowest BCUT2D eigenvalue weighted by Gasteiger charge is -2.05. The van der Waals surface area contributed by atoms with E-state index in [-0.39, 0.29) is 3.57 Å². The zero-order valence-corrected chi connectivity index (χ0v) is 9.57. The van der Waals surface area contributed by atoms with E-state index >= 15 is 0 Å². The average Bonchev–Trinajstić information content (AvgIpc) is 1.92. The summed E-state index contributed by atoms with van der Waals surface area (Å²) < 4.78 is 37.4. The molecule has 0 fully saturated rings. The maximum absolute atomic E-state index is 12.2. The number of hydrogen-bond donors (Lipinski definition) is 0. The standard InChI is InChI=1S/C7H4BrF3I/c8-5-3-1-2-4(6(5)12)7(9,10)11/h1-3,12H/q+1. The van der Waals surface area contributed by atoms with Crippen LogP contribution >= 0.6 is 15.9 Å². The first-order valence-corrected chi connectivity index (χ1v) is 4.91. The van der Waals surface area contributed by atoms with Gasteiger partial charge in [-0.2, -0.15) is 13.2 Å². The SMILES string of the molecule is FC(F)(F)c1cccc(Br)c1[IH+]. The molecule has 0 amide bonds. The highest BCUT2D eigenvalue weighted by Crippen LogP contribution is 2.30. The largest absolute Gasteiger partial charge is 0.420 e. The maximum atomic E-state index is 12.2. The first-order valence-electron chi connectivity index (χ1n) is 2.95. The van der Waals surface area contributed by atoms with Crippen LogP contribution in [0.2, 0.25) is 0 Å². The summed E-state index contributed by atoms with van der Waals surface area (Å²) in [6.07, 6.45) is -4.25. The van der Waals surface area contributed by atoms with Gasteiger partial charge in [0.1, 0.15) is 5.56 Å². The van der Waals surface area contributed by atoms with Crippen LogP contribution in [-0.4, -0.2) is 0 Å². The van der Waals surface area contributed by atoms with Crippen LogP contribution in [0.3, 0.4) is 0 Å². The molecule has 0 N–H and O–H groups in total. The van der Waals surface area contributed by atoms with Crippen molar-refractivity contribution in [3.63, 3.8) is 0 Å². The van der Waals surface area contributed by atoms with E-state index in [1.54, 1.807) is 6.07 Å². The van der Waals surface area contributed by atoms with Gasteiger partial charge in [-0.15, -0.1) is 0 Å². The first kappa shape index (κ1) is 10.3. The molecule has 5 heteroatoms. The molecule has 0 atom stereocenters. The topological polar surface area (TPSA) is 0 Å². The molecule has 1 aromatic carbocycles. The molecule has 0 bridgehead atoms. The normalized spacial score (nSPS) is 11.8. The van der Waals surface area contributed by atoms with Gasteiger partial charge >= 0.3 is 6.18 Å². The van der Waals surface area contributed by atoms with Crippen LogP contribution in [0.5, 0.6) is 0 Å². The van der Waals surface area contributed by atoms with E-state index in [0.717, 1.165) is 6.07 Å². The van der Waals surface area contributed by atoms with E-state index in [1.807, 2.05) is 0 Å². The maximum Gasteiger partial charge on any atom is 0.420 e. The molecule has 1 rings (SSSR count). The van der Waals surface area contributed by atoms with Crippen molar-refractivity contribution in [2.45, 2.75) is 6.18 Å². The predicted molar refractivity (Wildman–Crippen MR) is 39.2 cm³/mol. The number of rotatable bonds is 0. The molecular weight excluding hydrogens is 348 g/mol. The zero-order chi connectivity index (χ0) is 9.35. The van der Waals surface area contributed by atoms with Crippen LogP contribution in [0, 0.1) is 3.57 Å². The molecule has 0 radical (unpaired) electrons. The van der Waals surface area contributed by atoms with Crippen molar-refractivity contribution in [3.05, 3.63) is 31.8 Å². The van der Waals surface area contributed by atoms with E-state index in [1.165, 1.54) is 28.7 Å². The minimum atomic E-state index is -4.25. The Hall–Kier alpha value is 0.220. The number of alkyl halides is 3. The van der Waals surface area contributed by atoms with Crippen LogP contribution in [0.25, 0.3) is 0 Å². The highest BCUT2D eigenvalue weighted by molar-refractivity contribution is 9.10. The third-order valence-electron chi connectivity index (χ3n) is 1.27. The van der Waals surface area contributed by atoms with Crippen LogP contribution in [0.4, 0.5) is 13.2 Å². The van der Waals surface area contributed by atoms with E-state index < -0.39 is 11.7 Å². The Morgan fingerprint density at radius 2 is 1.83 bits per heavy atom. The van der Waals surface area contributed by atoms with Crippen molar-refractivity contribution in [1.29, 1.82) is 0 Å². The second-order valence-corrected chi connectivity index (χ2v) is 4.13. The Bertz CT molecular complexity index is 295. The van der Waals surface area contributed by atoms with Crippen molar-refractivity contribution in [1.82, 2.24) is 0 Å². The van der Waals surface area contributed by atoms with Crippen LogP contribution < -0.4 is 22.6 Å². The lowest BCUT2D eigenvalue weighted by molar-refractivity contribution is -0.337. The summed E-state index contributed by atoms with van der Waals surface area (Å²) in [6.45, 7) is 0. The second-order valence-electron chi connectivity index (χ2n) is 2.11. The summed E-state index contributed by atoms with van der Waals surface area (Å²) in [4.78, 5) is 0. The fourth-order valence-corrected chi connectivity index (χ4v) is 1.82. The van der Waals surface area contributed by atoms with Crippen LogP contribution in [0.15, 0.2) is 22.7 Å². The quantitative estimate of drug-likeness (QED) is 0.574. The van der Waals surface area contributed by atoms with Crippen LogP contribution in [0.1, 0.15) is 5.56 Å². The summed E-state index contributed by atoms with van der Waals surface area (Å²) in [7, 11) is 0. The Morgan fingerprint density at radius 1 is 1.25 bits per heavy atom. The van der Waals surface area contributed by atoms with Crippen molar-refractivity contribution >= 4 is 15.9 Å². The van der Waals surface area contributed by atoms with Gasteiger partial charge in [-0.1, -0.05) is 6.07 Å². The monoisotopic (exact) mass is 351 g/mol. The summed E-state index contributed by atoms with van der Waals surface area (Å²) in [6, 6.07) is 4.04. The molecule has 0 heterocycles. The Morgan fingerprint density at radius 3 is 2.25 bits per heavy atom. The molecule has 0 aliphatic heterocycles. The van der Waals surface area contributed by atoms with Gasteiger partial charge in [-0.3, -0.25) is 0 Å².